The SMILES string of the molecule is Cc1nnc(N2CCSCC2)c(/C(N)=N/O)c1C. The smallest absolute Gasteiger partial charge is 0.174 e. The van der Waals surface area contributed by atoms with Crippen molar-refractivity contribution in [1.29, 1.82) is 0 Å². The van der Waals surface area contributed by atoms with E-state index in [1.807, 2.05) is 25.6 Å². The molecule has 1 aliphatic rings. The molecule has 2 rings (SSSR count). The van der Waals surface area contributed by atoms with Gasteiger partial charge in [-0.15, -0.1) is 5.10 Å². The van der Waals surface area contributed by atoms with Gasteiger partial charge in [-0.3, -0.25) is 0 Å². The second kappa shape index (κ2) is 5.43. The fourth-order valence-electron chi connectivity index (χ4n) is 1.95. The van der Waals surface area contributed by atoms with Gasteiger partial charge in [0.05, 0.1) is 11.3 Å². The molecule has 0 amide bonds. The van der Waals surface area contributed by atoms with Crippen molar-refractivity contribution in [1.82, 2.24) is 10.2 Å². The van der Waals surface area contributed by atoms with Crippen molar-refractivity contribution in [2.75, 3.05) is 29.5 Å². The maximum Gasteiger partial charge on any atom is 0.174 e. The van der Waals surface area contributed by atoms with Gasteiger partial charge in [0.15, 0.2) is 11.7 Å². The lowest BCUT2D eigenvalue weighted by Gasteiger charge is -2.29. The molecule has 0 bridgehead atoms. The van der Waals surface area contributed by atoms with Gasteiger partial charge in [0.25, 0.3) is 0 Å². The molecule has 6 nitrogen and oxygen atoms in total. The van der Waals surface area contributed by atoms with E-state index in [4.69, 9.17) is 10.9 Å². The van der Waals surface area contributed by atoms with Crippen LogP contribution in [-0.4, -0.2) is 45.8 Å². The van der Waals surface area contributed by atoms with Crippen LogP contribution in [0.1, 0.15) is 16.8 Å². The zero-order valence-corrected chi connectivity index (χ0v) is 11.4. The Morgan fingerprint density at radius 2 is 2.00 bits per heavy atom. The molecule has 0 aliphatic carbocycles. The Labute approximate surface area is 110 Å². The molecule has 3 N–H and O–H groups in total. The summed E-state index contributed by atoms with van der Waals surface area (Å²) in [4.78, 5) is 2.14. The number of nitrogens with zero attached hydrogens (tertiary/aromatic N) is 4. The van der Waals surface area contributed by atoms with Gasteiger partial charge in [-0.1, -0.05) is 5.16 Å². The zero-order valence-electron chi connectivity index (χ0n) is 10.6. The summed E-state index contributed by atoms with van der Waals surface area (Å²) >= 11 is 1.92. The molecule has 1 aliphatic heterocycles. The highest BCUT2D eigenvalue weighted by Crippen LogP contribution is 2.24. The summed E-state index contributed by atoms with van der Waals surface area (Å²) in [5.74, 6) is 2.93. The zero-order chi connectivity index (χ0) is 13.1. The van der Waals surface area contributed by atoms with Crippen molar-refractivity contribution >= 4 is 23.4 Å². The molecular weight excluding hydrogens is 250 g/mol. The van der Waals surface area contributed by atoms with Crippen molar-refractivity contribution in [3.8, 4) is 0 Å². The molecule has 1 fully saturated rings. The van der Waals surface area contributed by atoms with Gasteiger partial charge in [-0.05, 0) is 19.4 Å². The Kier molecular flexibility index (Phi) is 3.90. The number of amidine groups is 1. The standard InChI is InChI=1S/C11H17N5OS/c1-7-8(2)13-14-11(9(7)10(12)15-17)16-3-5-18-6-4-16/h17H,3-6H2,1-2H3,(H2,12,15). The molecule has 0 radical (unpaired) electrons. The van der Waals surface area contributed by atoms with Gasteiger partial charge in [-0.25, -0.2) is 0 Å². The lowest BCUT2D eigenvalue weighted by molar-refractivity contribution is 0.318. The second-order valence-corrected chi connectivity index (χ2v) is 5.42. The van der Waals surface area contributed by atoms with Crippen LogP contribution in [0.5, 0.6) is 0 Å². The molecule has 0 aromatic carbocycles. The predicted molar refractivity (Wildman–Crippen MR) is 73.6 cm³/mol. The molecule has 1 aromatic rings. The predicted octanol–water partition coefficient (Wildman–Crippen LogP) is 0.741. The molecule has 0 atom stereocenters. The van der Waals surface area contributed by atoms with E-state index in [-0.39, 0.29) is 5.84 Å². The fraction of sp³-hybridized carbons (Fsp3) is 0.545. The first-order chi connectivity index (χ1) is 8.65. The molecule has 0 spiro atoms. The van der Waals surface area contributed by atoms with Crippen LogP contribution in [-0.2, 0) is 0 Å². The first kappa shape index (κ1) is 12.9. The minimum absolute atomic E-state index is 0.0960. The quantitative estimate of drug-likeness (QED) is 0.356. The minimum Gasteiger partial charge on any atom is -0.409 e. The fourth-order valence-corrected chi connectivity index (χ4v) is 2.85. The van der Waals surface area contributed by atoms with Crippen molar-refractivity contribution in [2.24, 2.45) is 10.9 Å². The molecule has 1 aromatic heterocycles. The van der Waals surface area contributed by atoms with Crippen LogP contribution in [0.25, 0.3) is 0 Å². The van der Waals surface area contributed by atoms with Gasteiger partial charge >= 0.3 is 0 Å². The first-order valence-corrected chi connectivity index (χ1v) is 6.95. The van der Waals surface area contributed by atoms with Crippen LogP contribution in [0.4, 0.5) is 5.82 Å². The summed E-state index contributed by atoms with van der Waals surface area (Å²) in [6.07, 6.45) is 0. The number of anilines is 1. The van der Waals surface area contributed by atoms with Crippen molar-refractivity contribution in [2.45, 2.75) is 13.8 Å². The van der Waals surface area contributed by atoms with Gasteiger partial charge in [-0.2, -0.15) is 16.9 Å². The summed E-state index contributed by atoms with van der Waals surface area (Å²) in [6, 6.07) is 0. The maximum atomic E-state index is 8.92. The van der Waals surface area contributed by atoms with Crippen LogP contribution in [0.15, 0.2) is 5.16 Å². The van der Waals surface area contributed by atoms with E-state index in [9.17, 15) is 0 Å². The number of aromatic nitrogens is 2. The Bertz CT molecular complexity index is 471. The van der Waals surface area contributed by atoms with Crippen LogP contribution in [0, 0.1) is 13.8 Å². The topological polar surface area (TPSA) is 87.6 Å². The van der Waals surface area contributed by atoms with Gasteiger partial charge in [0, 0.05) is 24.6 Å². The Balaban J connectivity index is 2.48. The lowest BCUT2D eigenvalue weighted by atomic mass is 10.1. The molecule has 0 unspecified atom stereocenters. The van der Waals surface area contributed by atoms with Gasteiger partial charge in [0.2, 0.25) is 0 Å². The van der Waals surface area contributed by atoms with Crippen LogP contribution in [0.2, 0.25) is 0 Å². The van der Waals surface area contributed by atoms with Gasteiger partial charge in [0.1, 0.15) is 0 Å². The van der Waals surface area contributed by atoms with Crippen molar-refractivity contribution < 1.29 is 5.21 Å². The number of aryl methyl sites for hydroxylation is 1. The van der Waals surface area contributed by atoms with E-state index < -0.39 is 0 Å². The highest BCUT2D eigenvalue weighted by molar-refractivity contribution is 7.99. The summed E-state index contributed by atoms with van der Waals surface area (Å²) in [6.45, 7) is 5.60. The number of rotatable bonds is 2. The highest BCUT2D eigenvalue weighted by atomic mass is 32.2. The molecule has 1 saturated heterocycles. The lowest BCUT2D eigenvalue weighted by Crippen LogP contribution is -2.35. The third-order valence-electron chi connectivity index (χ3n) is 3.11. The molecule has 0 saturated carbocycles. The number of hydrogen-bond donors (Lipinski definition) is 2. The third kappa shape index (κ3) is 2.35. The third-order valence-corrected chi connectivity index (χ3v) is 4.05. The Morgan fingerprint density at radius 1 is 1.33 bits per heavy atom. The van der Waals surface area contributed by atoms with E-state index in [2.05, 4.69) is 20.3 Å². The Hall–Kier alpha value is -1.50. The minimum atomic E-state index is 0.0960. The molecule has 98 valence electrons. The van der Waals surface area contributed by atoms with E-state index in [1.165, 1.54) is 0 Å². The average Bonchev–Trinajstić information content (AvgIpc) is 2.42. The maximum absolute atomic E-state index is 8.92. The van der Waals surface area contributed by atoms with E-state index in [0.717, 1.165) is 35.9 Å². The van der Waals surface area contributed by atoms with E-state index in [1.54, 1.807) is 0 Å². The van der Waals surface area contributed by atoms with Crippen molar-refractivity contribution in [3.63, 3.8) is 0 Å². The van der Waals surface area contributed by atoms with E-state index in [0.29, 0.717) is 11.4 Å². The Morgan fingerprint density at radius 3 is 2.61 bits per heavy atom. The number of hydrogen-bond acceptors (Lipinski definition) is 6. The summed E-state index contributed by atoms with van der Waals surface area (Å²) < 4.78 is 0. The summed E-state index contributed by atoms with van der Waals surface area (Å²) in [7, 11) is 0. The van der Waals surface area contributed by atoms with Crippen molar-refractivity contribution in [3.05, 3.63) is 16.8 Å². The first-order valence-electron chi connectivity index (χ1n) is 5.79. The van der Waals surface area contributed by atoms with Gasteiger partial charge < -0.3 is 15.8 Å². The normalized spacial score (nSPS) is 17.0. The number of thioether (sulfide) groups is 1. The molecule has 7 heteroatoms. The molecular formula is C11H17N5OS. The summed E-state index contributed by atoms with van der Waals surface area (Å²) in [5, 5.41) is 20.4. The monoisotopic (exact) mass is 267 g/mol. The van der Waals surface area contributed by atoms with Crippen LogP contribution >= 0.6 is 11.8 Å². The number of oxime groups is 1. The highest BCUT2D eigenvalue weighted by Gasteiger charge is 2.21. The molecule has 2 heterocycles. The summed E-state index contributed by atoms with van der Waals surface area (Å²) in [5.41, 5.74) is 8.17. The van der Waals surface area contributed by atoms with Crippen LogP contribution < -0.4 is 10.6 Å². The number of nitrogens with two attached hydrogens (primary N) is 1. The largest absolute Gasteiger partial charge is 0.409 e. The van der Waals surface area contributed by atoms with E-state index >= 15 is 0 Å². The average molecular weight is 267 g/mol. The molecule has 18 heavy (non-hydrogen) atoms. The van der Waals surface area contributed by atoms with Crippen LogP contribution in [0.3, 0.4) is 0 Å². The second-order valence-electron chi connectivity index (χ2n) is 4.19.